The van der Waals surface area contributed by atoms with Gasteiger partial charge in [0.15, 0.2) is 11.6 Å². The van der Waals surface area contributed by atoms with Gasteiger partial charge in [0.1, 0.15) is 5.82 Å². The van der Waals surface area contributed by atoms with Gasteiger partial charge in [-0.3, -0.25) is 4.79 Å². The van der Waals surface area contributed by atoms with Gasteiger partial charge in [-0.25, -0.2) is 13.2 Å². The summed E-state index contributed by atoms with van der Waals surface area (Å²) < 4.78 is 39.6. The molecule has 0 aromatic heterocycles. The second-order valence-corrected chi connectivity index (χ2v) is 5.24. The van der Waals surface area contributed by atoms with Gasteiger partial charge in [-0.15, -0.1) is 0 Å². The molecule has 2 aromatic rings. The molecule has 0 aliphatic heterocycles. The summed E-state index contributed by atoms with van der Waals surface area (Å²) in [5.74, 6) is -3.07. The first kappa shape index (κ1) is 17.0. The Morgan fingerprint density at radius 3 is 2.43 bits per heavy atom. The number of hydrogen-bond donors (Lipinski definition) is 2. The molecule has 2 N–H and O–H groups in total. The summed E-state index contributed by atoms with van der Waals surface area (Å²) in [6.45, 7) is 1.52. The Balaban J connectivity index is 2.00. The van der Waals surface area contributed by atoms with E-state index in [1.807, 2.05) is 0 Å². The lowest BCUT2D eigenvalue weighted by Gasteiger charge is -2.21. The summed E-state index contributed by atoms with van der Waals surface area (Å²) in [4.78, 5) is 11.9. The molecular weight excluding hydrogens is 307 g/mol. The second-order valence-electron chi connectivity index (χ2n) is 5.24. The molecule has 0 bridgehead atoms. The highest BCUT2D eigenvalue weighted by molar-refractivity contribution is 5.78. The molecule has 2 aromatic carbocycles. The molecule has 122 valence electrons. The zero-order chi connectivity index (χ0) is 17.0. The van der Waals surface area contributed by atoms with E-state index in [9.17, 15) is 23.1 Å². The summed E-state index contributed by atoms with van der Waals surface area (Å²) in [6.07, 6.45) is -1.39. The maximum atomic E-state index is 13.5. The molecule has 2 unspecified atom stereocenters. The number of carbonyl (C=O) groups excluding carboxylic acids is 1. The van der Waals surface area contributed by atoms with E-state index in [-0.39, 0.29) is 17.5 Å². The molecule has 6 heteroatoms. The van der Waals surface area contributed by atoms with Crippen LogP contribution in [0.5, 0.6) is 0 Å². The van der Waals surface area contributed by atoms with Crippen LogP contribution in [-0.4, -0.2) is 17.1 Å². The van der Waals surface area contributed by atoms with E-state index in [0.717, 1.165) is 12.1 Å². The van der Waals surface area contributed by atoms with Crippen LogP contribution in [0, 0.1) is 17.5 Å². The minimum atomic E-state index is -1.21. The lowest BCUT2D eigenvalue weighted by atomic mass is 10.0. The zero-order valence-electron chi connectivity index (χ0n) is 12.4. The number of benzene rings is 2. The average molecular weight is 323 g/mol. The zero-order valence-corrected chi connectivity index (χ0v) is 12.4. The van der Waals surface area contributed by atoms with Crippen LogP contribution >= 0.6 is 0 Å². The van der Waals surface area contributed by atoms with Crippen molar-refractivity contribution in [3.05, 3.63) is 71.0 Å². The smallest absolute Gasteiger partial charge is 0.224 e. The van der Waals surface area contributed by atoms with Crippen LogP contribution in [0.3, 0.4) is 0 Å². The van der Waals surface area contributed by atoms with Crippen LogP contribution < -0.4 is 5.32 Å². The predicted octanol–water partition coefficient (Wildman–Crippen LogP) is 2.88. The molecule has 23 heavy (non-hydrogen) atoms. The van der Waals surface area contributed by atoms with Crippen LogP contribution in [-0.2, 0) is 11.2 Å². The quantitative estimate of drug-likeness (QED) is 0.889. The highest BCUT2D eigenvalue weighted by Gasteiger charge is 2.20. The average Bonchev–Trinajstić information content (AvgIpc) is 2.51. The maximum absolute atomic E-state index is 13.5. The summed E-state index contributed by atoms with van der Waals surface area (Å²) in [7, 11) is 0. The van der Waals surface area contributed by atoms with Gasteiger partial charge in [0, 0.05) is 0 Å². The van der Waals surface area contributed by atoms with Crippen LogP contribution in [0.2, 0.25) is 0 Å². The Bertz CT molecular complexity index is 706. The second kappa shape index (κ2) is 7.28. The van der Waals surface area contributed by atoms with E-state index in [4.69, 9.17) is 0 Å². The van der Waals surface area contributed by atoms with E-state index in [0.29, 0.717) is 0 Å². The van der Waals surface area contributed by atoms with Crippen molar-refractivity contribution in [2.45, 2.75) is 25.5 Å². The number of nitrogens with one attached hydrogen (secondary N) is 1. The monoisotopic (exact) mass is 323 g/mol. The molecule has 1 amide bonds. The van der Waals surface area contributed by atoms with Gasteiger partial charge in [-0.1, -0.05) is 24.3 Å². The minimum absolute atomic E-state index is 0.141. The first-order valence-corrected chi connectivity index (χ1v) is 7.04. The largest absolute Gasteiger partial charge is 0.386 e. The number of amides is 1. The number of carbonyl (C=O) groups is 1. The molecule has 3 nitrogen and oxygen atoms in total. The number of aliphatic hydroxyl groups excluding tert-OH is 1. The number of aliphatic hydroxyl groups is 1. The van der Waals surface area contributed by atoms with E-state index in [2.05, 4.69) is 5.32 Å². The fraction of sp³-hybridized carbons (Fsp3) is 0.235. The van der Waals surface area contributed by atoms with Crippen molar-refractivity contribution in [1.29, 1.82) is 0 Å². The highest BCUT2D eigenvalue weighted by atomic mass is 19.2. The predicted molar refractivity (Wildman–Crippen MR) is 79.0 cm³/mol. The van der Waals surface area contributed by atoms with Gasteiger partial charge < -0.3 is 10.4 Å². The Hall–Kier alpha value is -2.34. The van der Waals surface area contributed by atoms with Crippen molar-refractivity contribution in [2.75, 3.05) is 0 Å². The van der Waals surface area contributed by atoms with Crippen molar-refractivity contribution >= 4 is 5.91 Å². The molecule has 2 atom stereocenters. The Labute approximate surface area is 131 Å². The minimum Gasteiger partial charge on any atom is -0.386 e. The van der Waals surface area contributed by atoms with E-state index in [1.54, 1.807) is 6.07 Å². The Kier molecular flexibility index (Phi) is 5.39. The highest BCUT2D eigenvalue weighted by Crippen LogP contribution is 2.19. The topological polar surface area (TPSA) is 49.3 Å². The van der Waals surface area contributed by atoms with Crippen molar-refractivity contribution in [3.63, 3.8) is 0 Å². The summed E-state index contributed by atoms with van der Waals surface area (Å²) >= 11 is 0. The van der Waals surface area contributed by atoms with Gasteiger partial charge >= 0.3 is 0 Å². The molecule has 0 aliphatic carbocycles. The summed E-state index contributed by atoms with van der Waals surface area (Å²) in [5.41, 5.74) is 0.377. The molecule has 0 aliphatic rings. The van der Waals surface area contributed by atoms with Crippen LogP contribution in [0.1, 0.15) is 24.2 Å². The van der Waals surface area contributed by atoms with Gasteiger partial charge in [-0.2, -0.15) is 0 Å². The summed E-state index contributed by atoms with van der Waals surface area (Å²) in [6, 6.07) is 8.15. The molecule has 0 saturated heterocycles. The third-order valence-corrected chi connectivity index (χ3v) is 3.46. The van der Waals surface area contributed by atoms with Crippen molar-refractivity contribution in [3.8, 4) is 0 Å². The van der Waals surface area contributed by atoms with Crippen LogP contribution in [0.25, 0.3) is 0 Å². The molecule has 0 radical (unpaired) electrons. The van der Waals surface area contributed by atoms with Crippen molar-refractivity contribution in [2.24, 2.45) is 0 Å². The lowest BCUT2D eigenvalue weighted by molar-refractivity contribution is -0.121. The molecule has 0 heterocycles. The molecule has 0 fully saturated rings. The summed E-state index contributed by atoms with van der Waals surface area (Å²) in [5, 5.41) is 12.6. The first-order valence-electron chi connectivity index (χ1n) is 7.04. The van der Waals surface area contributed by atoms with Gasteiger partial charge in [0.05, 0.1) is 18.6 Å². The normalized spacial score (nSPS) is 13.4. The lowest BCUT2D eigenvalue weighted by Crippen LogP contribution is -2.38. The Morgan fingerprint density at radius 1 is 1.09 bits per heavy atom. The van der Waals surface area contributed by atoms with E-state index in [1.165, 1.54) is 31.2 Å². The number of halogens is 3. The fourth-order valence-corrected chi connectivity index (χ4v) is 2.18. The van der Waals surface area contributed by atoms with E-state index >= 15 is 0 Å². The van der Waals surface area contributed by atoms with E-state index < -0.39 is 35.5 Å². The molecule has 2 rings (SSSR count). The van der Waals surface area contributed by atoms with Crippen molar-refractivity contribution < 1.29 is 23.1 Å². The van der Waals surface area contributed by atoms with Crippen LogP contribution in [0.4, 0.5) is 13.2 Å². The molecule has 0 saturated carbocycles. The first-order chi connectivity index (χ1) is 10.9. The SMILES string of the molecule is CC(NC(=O)Cc1ccccc1F)C(O)c1ccc(F)c(F)c1. The molecular formula is C17H16F3NO2. The van der Waals surface area contributed by atoms with Gasteiger partial charge in [0.2, 0.25) is 5.91 Å². The third-order valence-electron chi connectivity index (χ3n) is 3.46. The van der Waals surface area contributed by atoms with Crippen molar-refractivity contribution in [1.82, 2.24) is 5.32 Å². The molecule has 0 spiro atoms. The standard InChI is InChI=1S/C17H16F3NO2/c1-10(17(23)12-6-7-14(19)15(20)8-12)21-16(22)9-11-4-2-3-5-13(11)18/h2-8,10,17,23H,9H2,1H3,(H,21,22). The van der Waals surface area contributed by atoms with Crippen LogP contribution in [0.15, 0.2) is 42.5 Å². The van der Waals surface area contributed by atoms with Gasteiger partial charge in [0.25, 0.3) is 0 Å². The van der Waals surface area contributed by atoms with Gasteiger partial charge in [-0.05, 0) is 36.2 Å². The maximum Gasteiger partial charge on any atom is 0.224 e. The number of hydrogen-bond acceptors (Lipinski definition) is 2. The Morgan fingerprint density at radius 2 is 1.78 bits per heavy atom. The third kappa shape index (κ3) is 4.32. The number of rotatable bonds is 5. The fourth-order valence-electron chi connectivity index (χ4n) is 2.18.